The molecule has 1 aliphatic rings. The Labute approximate surface area is 137 Å². The number of thioether (sulfide) groups is 1. The molecule has 1 atom stereocenters. The second-order valence-corrected chi connectivity index (χ2v) is 6.31. The fraction of sp³-hybridized carbons (Fsp3) is 0.235. The highest BCUT2D eigenvalue weighted by Gasteiger charge is 2.33. The molecule has 0 radical (unpaired) electrons. The van der Waals surface area contributed by atoms with Gasteiger partial charge in [-0.05, 0) is 24.3 Å². The summed E-state index contributed by atoms with van der Waals surface area (Å²) in [5.74, 6) is -0.153. The van der Waals surface area contributed by atoms with Gasteiger partial charge in [-0.2, -0.15) is 0 Å². The standard InChI is InChI=1S/C17H15F2NO2S/c1-22-13-4-2-3-11(9-13)16(21)20-7-8-23-17(20)14-6-5-12(18)10-15(14)19/h2-6,9-10,17H,7-8H2,1H3/t17-/m1/s1. The van der Waals surface area contributed by atoms with Crippen LogP contribution >= 0.6 is 11.8 Å². The van der Waals surface area contributed by atoms with Crippen molar-refractivity contribution in [1.29, 1.82) is 0 Å². The molecule has 0 bridgehead atoms. The van der Waals surface area contributed by atoms with Crippen LogP contribution in [0.5, 0.6) is 5.75 Å². The van der Waals surface area contributed by atoms with Crippen molar-refractivity contribution in [2.24, 2.45) is 0 Å². The number of amides is 1. The fourth-order valence-corrected chi connectivity index (χ4v) is 3.84. The molecule has 0 aromatic heterocycles. The normalized spacial score (nSPS) is 17.3. The Hall–Kier alpha value is -2.08. The zero-order valence-electron chi connectivity index (χ0n) is 12.5. The maximum absolute atomic E-state index is 14.0. The molecular formula is C17H15F2NO2S. The highest BCUT2D eigenvalue weighted by atomic mass is 32.2. The van der Waals surface area contributed by atoms with E-state index in [-0.39, 0.29) is 5.91 Å². The largest absolute Gasteiger partial charge is 0.497 e. The van der Waals surface area contributed by atoms with Crippen molar-refractivity contribution in [3.63, 3.8) is 0 Å². The highest BCUT2D eigenvalue weighted by Crippen LogP contribution is 2.40. The average molecular weight is 335 g/mol. The third-order valence-electron chi connectivity index (χ3n) is 3.70. The summed E-state index contributed by atoms with van der Waals surface area (Å²) in [5.41, 5.74) is 0.810. The van der Waals surface area contributed by atoms with Gasteiger partial charge in [0.15, 0.2) is 0 Å². The third-order valence-corrected chi connectivity index (χ3v) is 4.94. The van der Waals surface area contributed by atoms with E-state index in [1.807, 2.05) is 0 Å². The molecule has 1 heterocycles. The summed E-state index contributed by atoms with van der Waals surface area (Å²) < 4.78 is 32.3. The van der Waals surface area contributed by atoms with Gasteiger partial charge in [0.25, 0.3) is 5.91 Å². The van der Waals surface area contributed by atoms with Crippen LogP contribution in [0.4, 0.5) is 8.78 Å². The van der Waals surface area contributed by atoms with Crippen LogP contribution in [0.15, 0.2) is 42.5 Å². The van der Waals surface area contributed by atoms with Crippen LogP contribution in [0.2, 0.25) is 0 Å². The minimum Gasteiger partial charge on any atom is -0.497 e. The van der Waals surface area contributed by atoms with Crippen molar-refractivity contribution in [3.05, 3.63) is 65.2 Å². The Kier molecular flexibility index (Phi) is 4.52. The maximum atomic E-state index is 14.0. The summed E-state index contributed by atoms with van der Waals surface area (Å²) in [7, 11) is 1.53. The number of carbonyl (C=O) groups excluding carboxylic acids is 1. The topological polar surface area (TPSA) is 29.5 Å². The number of rotatable bonds is 3. The highest BCUT2D eigenvalue weighted by molar-refractivity contribution is 7.99. The zero-order valence-corrected chi connectivity index (χ0v) is 13.3. The lowest BCUT2D eigenvalue weighted by atomic mass is 10.1. The molecule has 3 rings (SSSR count). The van der Waals surface area contributed by atoms with Crippen molar-refractivity contribution < 1.29 is 18.3 Å². The molecule has 0 spiro atoms. The molecular weight excluding hydrogens is 320 g/mol. The molecule has 3 nitrogen and oxygen atoms in total. The molecule has 0 saturated carbocycles. The molecule has 0 aliphatic carbocycles. The van der Waals surface area contributed by atoms with E-state index in [0.717, 1.165) is 6.07 Å². The van der Waals surface area contributed by atoms with Crippen molar-refractivity contribution in [2.45, 2.75) is 5.37 Å². The first-order valence-corrected chi connectivity index (χ1v) is 8.16. The number of hydrogen-bond acceptors (Lipinski definition) is 3. The number of benzene rings is 2. The maximum Gasteiger partial charge on any atom is 0.255 e. The van der Waals surface area contributed by atoms with E-state index >= 15 is 0 Å². The lowest BCUT2D eigenvalue weighted by Gasteiger charge is -2.24. The van der Waals surface area contributed by atoms with Crippen LogP contribution < -0.4 is 4.74 Å². The first-order chi connectivity index (χ1) is 11.1. The van der Waals surface area contributed by atoms with Crippen molar-refractivity contribution in [1.82, 2.24) is 4.90 Å². The quantitative estimate of drug-likeness (QED) is 0.853. The Morgan fingerprint density at radius 2 is 2.09 bits per heavy atom. The Morgan fingerprint density at radius 1 is 1.26 bits per heavy atom. The van der Waals surface area contributed by atoms with Gasteiger partial charge < -0.3 is 9.64 Å². The van der Waals surface area contributed by atoms with Crippen LogP contribution in [0.1, 0.15) is 21.3 Å². The average Bonchev–Trinajstić information content (AvgIpc) is 3.03. The first-order valence-electron chi connectivity index (χ1n) is 7.11. The van der Waals surface area contributed by atoms with Gasteiger partial charge in [0.2, 0.25) is 0 Å². The predicted molar refractivity (Wildman–Crippen MR) is 85.6 cm³/mol. The number of ether oxygens (including phenoxy) is 1. The molecule has 2 aromatic carbocycles. The SMILES string of the molecule is COc1cccc(C(=O)N2CCS[C@@H]2c2ccc(F)cc2F)c1. The summed E-state index contributed by atoms with van der Waals surface area (Å²) in [6.45, 7) is 0.516. The van der Waals surface area contributed by atoms with E-state index in [0.29, 0.717) is 29.2 Å². The first kappa shape index (κ1) is 15.8. The summed E-state index contributed by atoms with van der Waals surface area (Å²) in [4.78, 5) is 14.3. The molecule has 23 heavy (non-hydrogen) atoms. The van der Waals surface area contributed by atoms with Gasteiger partial charge in [-0.3, -0.25) is 4.79 Å². The number of methoxy groups -OCH3 is 1. The summed E-state index contributed by atoms with van der Waals surface area (Å²) >= 11 is 1.47. The molecule has 1 saturated heterocycles. The molecule has 2 aromatic rings. The van der Waals surface area contributed by atoms with E-state index in [1.54, 1.807) is 29.2 Å². The van der Waals surface area contributed by atoms with Crippen LogP contribution in [0, 0.1) is 11.6 Å². The summed E-state index contributed by atoms with van der Waals surface area (Å²) in [6.07, 6.45) is 0. The lowest BCUT2D eigenvalue weighted by Crippen LogP contribution is -2.30. The molecule has 1 fully saturated rings. The van der Waals surface area contributed by atoms with Crippen LogP contribution in [0.3, 0.4) is 0 Å². The van der Waals surface area contributed by atoms with Crippen molar-refractivity contribution in [3.8, 4) is 5.75 Å². The minimum atomic E-state index is -0.632. The van der Waals surface area contributed by atoms with Gasteiger partial charge in [-0.1, -0.05) is 12.1 Å². The minimum absolute atomic E-state index is 0.192. The van der Waals surface area contributed by atoms with Gasteiger partial charge >= 0.3 is 0 Å². The summed E-state index contributed by atoms with van der Waals surface area (Å²) in [5, 5.41) is -0.450. The van der Waals surface area contributed by atoms with E-state index < -0.39 is 17.0 Å². The van der Waals surface area contributed by atoms with Gasteiger partial charge in [0.05, 0.1) is 7.11 Å². The Bertz CT molecular complexity index is 738. The zero-order chi connectivity index (χ0) is 16.4. The van der Waals surface area contributed by atoms with Crippen molar-refractivity contribution >= 4 is 17.7 Å². The molecule has 1 amide bonds. The van der Waals surface area contributed by atoms with E-state index in [4.69, 9.17) is 4.74 Å². The lowest BCUT2D eigenvalue weighted by molar-refractivity contribution is 0.0758. The van der Waals surface area contributed by atoms with Crippen LogP contribution in [-0.4, -0.2) is 30.2 Å². The van der Waals surface area contributed by atoms with Gasteiger partial charge in [0, 0.05) is 29.5 Å². The Balaban J connectivity index is 1.90. The number of carbonyl (C=O) groups is 1. The van der Waals surface area contributed by atoms with Gasteiger partial charge in [0.1, 0.15) is 22.8 Å². The van der Waals surface area contributed by atoms with Crippen molar-refractivity contribution in [2.75, 3.05) is 19.4 Å². The second kappa shape index (κ2) is 6.58. The fourth-order valence-electron chi connectivity index (χ4n) is 2.56. The predicted octanol–water partition coefficient (Wildman–Crippen LogP) is 3.86. The van der Waals surface area contributed by atoms with E-state index in [9.17, 15) is 13.6 Å². The van der Waals surface area contributed by atoms with Crippen LogP contribution in [0.25, 0.3) is 0 Å². The molecule has 0 N–H and O–H groups in total. The Morgan fingerprint density at radius 3 is 2.83 bits per heavy atom. The smallest absolute Gasteiger partial charge is 0.255 e. The number of hydrogen-bond donors (Lipinski definition) is 0. The monoisotopic (exact) mass is 335 g/mol. The van der Waals surface area contributed by atoms with Gasteiger partial charge in [-0.25, -0.2) is 8.78 Å². The number of nitrogens with zero attached hydrogens (tertiary/aromatic N) is 1. The third kappa shape index (κ3) is 3.17. The second-order valence-electron chi connectivity index (χ2n) is 5.12. The molecule has 1 aliphatic heterocycles. The van der Waals surface area contributed by atoms with Crippen LogP contribution in [-0.2, 0) is 0 Å². The van der Waals surface area contributed by atoms with Gasteiger partial charge in [-0.15, -0.1) is 11.8 Å². The summed E-state index contributed by atoms with van der Waals surface area (Å²) in [6, 6.07) is 10.3. The number of halogens is 2. The molecule has 0 unspecified atom stereocenters. The molecule has 6 heteroatoms. The molecule has 120 valence electrons. The van der Waals surface area contributed by atoms with E-state index in [2.05, 4.69) is 0 Å². The van der Waals surface area contributed by atoms with E-state index in [1.165, 1.54) is 31.0 Å².